The third kappa shape index (κ3) is 2.88. The zero-order valence-corrected chi connectivity index (χ0v) is 11.9. The molecule has 1 aliphatic heterocycles. The van der Waals surface area contributed by atoms with Crippen molar-refractivity contribution in [3.63, 3.8) is 0 Å². The maximum Gasteiger partial charge on any atom is 0.296 e. The van der Waals surface area contributed by atoms with Gasteiger partial charge in [0.1, 0.15) is 5.52 Å². The number of para-hydroxylation sites is 1. The van der Waals surface area contributed by atoms with Crippen LogP contribution in [0.25, 0.3) is 11.1 Å². The second-order valence-corrected chi connectivity index (χ2v) is 5.62. The number of likely N-dealkylation sites (tertiary alicyclic amines) is 1. The first-order valence-corrected chi connectivity index (χ1v) is 7.36. The van der Waals surface area contributed by atoms with Gasteiger partial charge >= 0.3 is 0 Å². The molecule has 1 saturated heterocycles. The number of nitrogen functional groups attached to an aromatic ring is 1. The van der Waals surface area contributed by atoms with Crippen LogP contribution in [0.2, 0.25) is 0 Å². The fourth-order valence-corrected chi connectivity index (χ4v) is 2.82. The molecule has 1 aromatic carbocycles. The first-order valence-electron chi connectivity index (χ1n) is 7.36. The van der Waals surface area contributed by atoms with Gasteiger partial charge in [0.2, 0.25) is 0 Å². The molecule has 20 heavy (non-hydrogen) atoms. The molecule has 1 aromatic heterocycles. The van der Waals surface area contributed by atoms with E-state index in [9.17, 15) is 0 Å². The van der Waals surface area contributed by atoms with Crippen LogP contribution in [0.5, 0.6) is 0 Å². The largest absolute Gasteiger partial charge is 0.423 e. The van der Waals surface area contributed by atoms with Gasteiger partial charge in [-0.25, -0.2) is 0 Å². The molecule has 0 bridgehead atoms. The summed E-state index contributed by atoms with van der Waals surface area (Å²) < 4.78 is 5.69. The third-order valence-electron chi connectivity index (χ3n) is 3.80. The van der Waals surface area contributed by atoms with E-state index in [1.54, 1.807) is 0 Å². The summed E-state index contributed by atoms with van der Waals surface area (Å²) in [5.74, 6) is 0. The number of nitrogens with two attached hydrogens (primary N) is 1. The van der Waals surface area contributed by atoms with Crippen molar-refractivity contribution in [3.05, 3.63) is 18.2 Å². The van der Waals surface area contributed by atoms with Crippen LogP contribution in [0, 0.1) is 0 Å². The topological polar surface area (TPSA) is 67.3 Å². The van der Waals surface area contributed by atoms with Gasteiger partial charge in [0.15, 0.2) is 5.58 Å². The maximum absolute atomic E-state index is 5.89. The van der Waals surface area contributed by atoms with Crippen LogP contribution >= 0.6 is 0 Å². The van der Waals surface area contributed by atoms with Crippen molar-refractivity contribution in [2.24, 2.45) is 0 Å². The third-order valence-corrected chi connectivity index (χ3v) is 3.80. The maximum atomic E-state index is 5.89. The molecule has 3 N–H and O–H groups in total. The number of hydrogen-bond acceptors (Lipinski definition) is 5. The Labute approximate surface area is 119 Å². The first kappa shape index (κ1) is 13.2. The van der Waals surface area contributed by atoms with Crippen LogP contribution in [0.4, 0.5) is 11.7 Å². The van der Waals surface area contributed by atoms with E-state index in [2.05, 4.69) is 22.1 Å². The molecule has 0 spiro atoms. The summed E-state index contributed by atoms with van der Waals surface area (Å²) in [5, 5.41) is 3.33. The molecule has 108 valence electrons. The number of oxazole rings is 1. The summed E-state index contributed by atoms with van der Waals surface area (Å²) in [4.78, 5) is 6.92. The van der Waals surface area contributed by atoms with Crippen LogP contribution < -0.4 is 11.1 Å². The summed E-state index contributed by atoms with van der Waals surface area (Å²) in [6.07, 6.45) is 3.99. The summed E-state index contributed by atoms with van der Waals surface area (Å²) in [6.45, 7) is 5.58. The molecule has 3 rings (SSSR count). The molecule has 1 unspecified atom stereocenters. The van der Waals surface area contributed by atoms with Crippen molar-refractivity contribution in [1.29, 1.82) is 0 Å². The van der Waals surface area contributed by atoms with Crippen molar-refractivity contribution in [2.75, 3.05) is 30.7 Å². The minimum absolute atomic E-state index is 0.308. The molecule has 0 amide bonds. The number of nitrogens with one attached hydrogen (secondary N) is 1. The monoisotopic (exact) mass is 274 g/mol. The minimum atomic E-state index is 0.308. The number of aromatic nitrogens is 1. The lowest BCUT2D eigenvalue weighted by atomic mass is 10.1. The Morgan fingerprint density at radius 3 is 2.90 bits per heavy atom. The van der Waals surface area contributed by atoms with Gasteiger partial charge in [-0.15, -0.1) is 0 Å². The average Bonchev–Trinajstić information content (AvgIpc) is 2.83. The summed E-state index contributed by atoms with van der Waals surface area (Å²) in [7, 11) is 0. The fourth-order valence-electron chi connectivity index (χ4n) is 2.82. The van der Waals surface area contributed by atoms with Gasteiger partial charge in [-0.05, 0) is 45.0 Å². The van der Waals surface area contributed by atoms with Gasteiger partial charge < -0.3 is 20.4 Å². The van der Waals surface area contributed by atoms with Gasteiger partial charge in [-0.3, -0.25) is 0 Å². The number of fused-ring (bicyclic) bond motifs is 1. The predicted molar refractivity (Wildman–Crippen MR) is 81.8 cm³/mol. The minimum Gasteiger partial charge on any atom is -0.423 e. The summed E-state index contributed by atoms with van der Waals surface area (Å²) in [5.41, 5.74) is 8.02. The number of benzene rings is 1. The highest BCUT2D eigenvalue weighted by Gasteiger charge is 2.15. The van der Waals surface area contributed by atoms with Crippen molar-refractivity contribution < 1.29 is 4.42 Å². The van der Waals surface area contributed by atoms with E-state index in [-0.39, 0.29) is 0 Å². The van der Waals surface area contributed by atoms with Crippen LogP contribution in [0.1, 0.15) is 26.2 Å². The van der Waals surface area contributed by atoms with Gasteiger partial charge in [0.05, 0.1) is 5.69 Å². The van der Waals surface area contributed by atoms with E-state index in [1.165, 1.54) is 32.4 Å². The number of nitrogens with zero attached hydrogens (tertiary/aromatic N) is 2. The summed E-state index contributed by atoms with van der Waals surface area (Å²) >= 11 is 0. The Hall–Kier alpha value is -1.75. The predicted octanol–water partition coefficient (Wildman–Crippen LogP) is 2.70. The zero-order valence-electron chi connectivity index (χ0n) is 11.9. The molecule has 2 heterocycles. The van der Waals surface area contributed by atoms with Gasteiger partial charge in [0, 0.05) is 12.6 Å². The van der Waals surface area contributed by atoms with Crippen molar-refractivity contribution in [1.82, 2.24) is 9.88 Å². The molecule has 5 heteroatoms. The van der Waals surface area contributed by atoms with Crippen LogP contribution in [-0.4, -0.2) is 35.6 Å². The molecule has 2 aromatic rings. The Morgan fingerprint density at radius 2 is 2.15 bits per heavy atom. The van der Waals surface area contributed by atoms with E-state index in [0.29, 0.717) is 17.7 Å². The molecule has 1 atom stereocenters. The highest BCUT2D eigenvalue weighted by Crippen LogP contribution is 2.24. The lowest BCUT2D eigenvalue weighted by Crippen LogP contribution is -2.38. The smallest absolute Gasteiger partial charge is 0.296 e. The normalized spacial score (nSPS) is 18.2. The van der Waals surface area contributed by atoms with Gasteiger partial charge in [-0.2, -0.15) is 4.98 Å². The standard InChI is InChI=1S/C15H22N4O/c1-11(10-19-8-3-2-4-9-19)17-15-18-14-12(16)6-5-7-13(14)20-15/h5-7,11H,2-4,8-10,16H2,1H3,(H,17,18). The first-order chi connectivity index (χ1) is 9.72. The molecule has 0 radical (unpaired) electrons. The van der Waals surface area contributed by atoms with E-state index < -0.39 is 0 Å². The molecular formula is C15H22N4O. The van der Waals surface area contributed by atoms with Gasteiger partial charge in [-0.1, -0.05) is 12.5 Å². The van der Waals surface area contributed by atoms with E-state index >= 15 is 0 Å². The Kier molecular flexibility index (Phi) is 3.78. The highest BCUT2D eigenvalue weighted by atomic mass is 16.4. The number of hydrogen-bond donors (Lipinski definition) is 2. The molecule has 5 nitrogen and oxygen atoms in total. The number of rotatable bonds is 4. The van der Waals surface area contributed by atoms with E-state index in [1.807, 2.05) is 18.2 Å². The molecular weight excluding hydrogens is 252 g/mol. The number of anilines is 2. The Bertz CT molecular complexity index is 574. The van der Waals surface area contributed by atoms with Gasteiger partial charge in [0.25, 0.3) is 6.01 Å². The van der Waals surface area contributed by atoms with Crippen molar-refractivity contribution in [3.8, 4) is 0 Å². The van der Waals surface area contributed by atoms with E-state index in [0.717, 1.165) is 17.6 Å². The lowest BCUT2D eigenvalue weighted by Gasteiger charge is -2.29. The SMILES string of the molecule is CC(CN1CCCCC1)Nc1nc2c(N)cccc2o1. The Morgan fingerprint density at radius 1 is 1.35 bits per heavy atom. The van der Waals surface area contributed by atoms with Crippen LogP contribution in [0.3, 0.4) is 0 Å². The van der Waals surface area contributed by atoms with E-state index in [4.69, 9.17) is 10.2 Å². The van der Waals surface area contributed by atoms with Crippen molar-refractivity contribution in [2.45, 2.75) is 32.2 Å². The van der Waals surface area contributed by atoms with Crippen molar-refractivity contribution >= 4 is 22.8 Å². The van der Waals surface area contributed by atoms with Crippen LogP contribution in [-0.2, 0) is 0 Å². The second kappa shape index (κ2) is 5.71. The molecule has 0 aliphatic carbocycles. The lowest BCUT2D eigenvalue weighted by molar-refractivity contribution is 0.222. The molecule has 1 aliphatic rings. The molecule has 1 fully saturated rings. The zero-order chi connectivity index (χ0) is 13.9. The summed E-state index contributed by atoms with van der Waals surface area (Å²) in [6, 6.07) is 6.47. The quantitative estimate of drug-likeness (QED) is 0.839. The van der Waals surface area contributed by atoms with Crippen LogP contribution in [0.15, 0.2) is 22.6 Å². The second-order valence-electron chi connectivity index (χ2n) is 5.62. The number of piperidine rings is 1. The highest BCUT2D eigenvalue weighted by molar-refractivity contribution is 5.86. The fraction of sp³-hybridized carbons (Fsp3) is 0.533. The Balaban J connectivity index is 1.64. The average molecular weight is 274 g/mol. The molecule has 0 saturated carbocycles.